The zero-order valence-corrected chi connectivity index (χ0v) is 14.7. The van der Waals surface area contributed by atoms with Gasteiger partial charge in [-0.05, 0) is 83.9 Å². The molecule has 0 saturated heterocycles. The van der Waals surface area contributed by atoms with Crippen molar-refractivity contribution in [3.05, 3.63) is 29.3 Å². The first-order chi connectivity index (χ1) is 10.9. The molecule has 3 aliphatic rings. The second kappa shape index (κ2) is 4.99. The summed E-state index contributed by atoms with van der Waals surface area (Å²) in [6, 6.07) is 6.00. The highest BCUT2D eigenvalue weighted by atomic mass is 16.3. The van der Waals surface area contributed by atoms with Gasteiger partial charge >= 0.3 is 0 Å². The fourth-order valence-corrected chi connectivity index (χ4v) is 6.66. The largest absolute Gasteiger partial charge is 0.508 e. The Morgan fingerprint density at radius 3 is 2.74 bits per heavy atom. The molecule has 2 fully saturated rings. The van der Waals surface area contributed by atoms with Gasteiger partial charge in [-0.1, -0.05) is 33.3 Å². The summed E-state index contributed by atoms with van der Waals surface area (Å²) in [5.74, 6) is 2.33. The standard InChI is InChI=1S/C21H30O2/c1-4-20(2)12-18(23)21(3)10-9-16-15-8-6-14(22)11-13(15)5-7-17(16)19(20)21/h6,8,11,16-19,22-23H,4-5,7,9-10,12H2,1-3H3/t16-,17-,18+,19-,20-,21-/m1/s1. The van der Waals surface area contributed by atoms with E-state index in [1.807, 2.05) is 12.1 Å². The lowest BCUT2D eigenvalue weighted by atomic mass is 9.51. The predicted molar refractivity (Wildman–Crippen MR) is 92.5 cm³/mol. The lowest BCUT2D eigenvalue weighted by molar-refractivity contribution is -0.0442. The van der Waals surface area contributed by atoms with Gasteiger partial charge in [0.1, 0.15) is 5.75 Å². The van der Waals surface area contributed by atoms with E-state index in [4.69, 9.17) is 0 Å². The van der Waals surface area contributed by atoms with Crippen LogP contribution in [0, 0.1) is 22.7 Å². The van der Waals surface area contributed by atoms with Crippen molar-refractivity contribution in [3.8, 4) is 5.75 Å². The van der Waals surface area contributed by atoms with Gasteiger partial charge in [-0.25, -0.2) is 0 Å². The van der Waals surface area contributed by atoms with Gasteiger partial charge in [0.05, 0.1) is 6.10 Å². The molecule has 2 heteroatoms. The molecule has 126 valence electrons. The van der Waals surface area contributed by atoms with E-state index < -0.39 is 0 Å². The number of fused-ring (bicyclic) bond motifs is 5. The van der Waals surface area contributed by atoms with Crippen molar-refractivity contribution in [2.24, 2.45) is 22.7 Å². The highest BCUT2D eigenvalue weighted by molar-refractivity contribution is 5.40. The van der Waals surface area contributed by atoms with Crippen LogP contribution in [0.4, 0.5) is 0 Å². The molecular formula is C21H30O2. The number of phenols is 1. The lowest BCUT2D eigenvalue weighted by Crippen LogP contribution is -2.47. The molecule has 0 aromatic heterocycles. The first kappa shape index (κ1) is 15.5. The molecule has 0 amide bonds. The number of hydrogen-bond donors (Lipinski definition) is 2. The number of benzene rings is 1. The van der Waals surface area contributed by atoms with Crippen molar-refractivity contribution >= 4 is 0 Å². The minimum atomic E-state index is -0.139. The van der Waals surface area contributed by atoms with Crippen molar-refractivity contribution in [1.29, 1.82) is 0 Å². The van der Waals surface area contributed by atoms with E-state index in [-0.39, 0.29) is 16.9 Å². The van der Waals surface area contributed by atoms with E-state index in [9.17, 15) is 10.2 Å². The normalized spacial score (nSPS) is 45.2. The molecule has 2 N–H and O–H groups in total. The van der Waals surface area contributed by atoms with Gasteiger partial charge in [0.25, 0.3) is 0 Å². The van der Waals surface area contributed by atoms with Crippen LogP contribution in [0.3, 0.4) is 0 Å². The summed E-state index contributed by atoms with van der Waals surface area (Å²) >= 11 is 0. The highest BCUT2D eigenvalue weighted by Gasteiger charge is 2.62. The molecule has 0 unspecified atom stereocenters. The average molecular weight is 314 g/mol. The molecule has 3 aliphatic carbocycles. The molecular weight excluding hydrogens is 284 g/mol. The quantitative estimate of drug-likeness (QED) is 0.793. The Balaban J connectivity index is 1.77. The first-order valence-corrected chi connectivity index (χ1v) is 9.39. The zero-order valence-electron chi connectivity index (χ0n) is 14.7. The molecule has 4 rings (SSSR count). The van der Waals surface area contributed by atoms with Crippen LogP contribution in [0.15, 0.2) is 18.2 Å². The van der Waals surface area contributed by atoms with Crippen LogP contribution < -0.4 is 0 Å². The molecule has 1 aromatic rings. The Kier molecular flexibility index (Phi) is 3.36. The van der Waals surface area contributed by atoms with Gasteiger partial charge in [-0.15, -0.1) is 0 Å². The minimum absolute atomic E-state index is 0.0976. The van der Waals surface area contributed by atoms with E-state index in [2.05, 4.69) is 26.8 Å². The van der Waals surface area contributed by atoms with Crippen LogP contribution in [0.2, 0.25) is 0 Å². The summed E-state index contributed by atoms with van der Waals surface area (Å²) in [6.45, 7) is 7.07. The molecule has 23 heavy (non-hydrogen) atoms. The van der Waals surface area contributed by atoms with Crippen LogP contribution in [-0.4, -0.2) is 16.3 Å². The molecule has 2 nitrogen and oxygen atoms in total. The fraction of sp³-hybridized carbons (Fsp3) is 0.714. The van der Waals surface area contributed by atoms with E-state index in [0.717, 1.165) is 25.7 Å². The van der Waals surface area contributed by atoms with Crippen LogP contribution >= 0.6 is 0 Å². The van der Waals surface area contributed by atoms with Gasteiger partial charge < -0.3 is 10.2 Å². The summed E-state index contributed by atoms with van der Waals surface area (Å²) in [5, 5.41) is 20.6. The zero-order chi connectivity index (χ0) is 16.4. The average Bonchev–Trinajstić information content (AvgIpc) is 2.74. The van der Waals surface area contributed by atoms with Crippen LogP contribution in [0.1, 0.15) is 69.9 Å². The van der Waals surface area contributed by atoms with Gasteiger partial charge in [-0.2, -0.15) is 0 Å². The van der Waals surface area contributed by atoms with Crippen molar-refractivity contribution in [3.63, 3.8) is 0 Å². The van der Waals surface area contributed by atoms with E-state index >= 15 is 0 Å². The molecule has 0 bridgehead atoms. The topological polar surface area (TPSA) is 40.5 Å². The maximum atomic E-state index is 10.8. The number of aliphatic hydroxyl groups excluding tert-OH is 1. The number of aromatic hydroxyl groups is 1. The Morgan fingerprint density at radius 2 is 2.00 bits per heavy atom. The third-order valence-corrected chi connectivity index (χ3v) is 7.90. The molecule has 0 aliphatic heterocycles. The molecule has 0 heterocycles. The number of aliphatic hydroxyl groups is 1. The van der Waals surface area contributed by atoms with Crippen molar-refractivity contribution in [2.45, 2.75) is 71.3 Å². The number of phenolic OH excluding ortho intramolecular Hbond substituents is 1. The maximum absolute atomic E-state index is 10.8. The second-order valence-electron chi connectivity index (χ2n) is 8.94. The predicted octanol–water partition coefficient (Wildman–Crippen LogP) is 4.64. The van der Waals surface area contributed by atoms with Crippen molar-refractivity contribution < 1.29 is 10.2 Å². The summed E-state index contributed by atoms with van der Waals surface area (Å²) in [7, 11) is 0. The maximum Gasteiger partial charge on any atom is 0.115 e. The Labute approximate surface area is 139 Å². The summed E-state index contributed by atoms with van der Waals surface area (Å²) in [5.41, 5.74) is 3.19. The smallest absolute Gasteiger partial charge is 0.115 e. The second-order valence-corrected chi connectivity index (χ2v) is 8.94. The Hall–Kier alpha value is -1.02. The third kappa shape index (κ3) is 2.03. The van der Waals surface area contributed by atoms with E-state index in [1.54, 1.807) is 0 Å². The van der Waals surface area contributed by atoms with E-state index in [1.165, 1.54) is 24.0 Å². The van der Waals surface area contributed by atoms with E-state index in [0.29, 0.717) is 23.5 Å². The molecule has 1 aromatic carbocycles. The van der Waals surface area contributed by atoms with Gasteiger partial charge in [0.15, 0.2) is 0 Å². The summed E-state index contributed by atoms with van der Waals surface area (Å²) in [4.78, 5) is 0. The van der Waals surface area contributed by atoms with Crippen LogP contribution in [0.25, 0.3) is 0 Å². The van der Waals surface area contributed by atoms with Crippen molar-refractivity contribution in [2.75, 3.05) is 0 Å². The number of hydrogen-bond acceptors (Lipinski definition) is 2. The van der Waals surface area contributed by atoms with Gasteiger partial charge in [-0.3, -0.25) is 0 Å². The molecule has 0 spiro atoms. The summed E-state index contributed by atoms with van der Waals surface area (Å²) in [6.07, 6.45) is 6.60. The number of rotatable bonds is 1. The Bertz CT molecular complexity index is 624. The Morgan fingerprint density at radius 1 is 1.22 bits per heavy atom. The lowest BCUT2D eigenvalue weighted by Gasteiger charge is -2.53. The minimum Gasteiger partial charge on any atom is -0.508 e. The van der Waals surface area contributed by atoms with Crippen molar-refractivity contribution in [1.82, 2.24) is 0 Å². The fourth-order valence-electron chi connectivity index (χ4n) is 6.66. The van der Waals surface area contributed by atoms with Gasteiger partial charge in [0, 0.05) is 0 Å². The number of aryl methyl sites for hydroxylation is 1. The molecule has 6 atom stereocenters. The summed E-state index contributed by atoms with van der Waals surface area (Å²) < 4.78 is 0. The van der Waals surface area contributed by atoms with Gasteiger partial charge in [0.2, 0.25) is 0 Å². The third-order valence-electron chi connectivity index (χ3n) is 7.90. The van der Waals surface area contributed by atoms with Crippen LogP contribution in [0.5, 0.6) is 5.75 Å². The SMILES string of the molecule is CC[C@]1(C)C[C@H](O)[C@@]2(C)CC[C@@H]3c4ccc(O)cc4CC[C@H]3[C@H]12. The van der Waals surface area contributed by atoms with Crippen LogP contribution in [-0.2, 0) is 6.42 Å². The monoisotopic (exact) mass is 314 g/mol. The molecule has 0 radical (unpaired) electrons. The highest BCUT2D eigenvalue weighted by Crippen LogP contribution is 2.67. The molecule has 2 saturated carbocycles. The first-order valence-electron chi connectivity index (χ1n) is 9.39.